The van der Waals surface area contributed by atoms with Crippen LogP contribution in [0, 0.1) is 6.92 Å². The molecule has 5 nitrogen and oxygen atoms in total. The first kappa shape index (κ1) is 11.5. The maximum absolute atomic E-state index is 10.8. The molecule has 4 N–H and O–H groups in total. The highest BCUT2D eigenvalue weighted by atomic mass is 16.1. The Hall–Kier alpha value is -1.62. The van der Waals surface area contributed by atoms with Gasteiger partial charge in [0.2, 0.25) is 5.91 Å². The highest BCUT2D eigenvalue weighted by Crippen LogP contribution is 2.18. The first-order chi connectivity index (χ1) is 7.06. The van der Waals surface area contributed by atoms with Crippen molar-refractivity contribution in [1.82, 2.24) is 4.98 Å². The number of rotatable bonds is 4. The average Bonchev–Trinajstić information content (AvgIpc) is 2.16. The lowest BCUT2D eigenvalue weighted by Gasteiger charge is -2.20. The number of aromatic nitrogens is 1. The minimum Gasteiger partial charge on any atom is -0.368 e. The largest absolute Gasteiger partial charge is 0.368 e. The van der Waals surface area contributed by atoms with E-state index in [2.05, 4.69) is 4.98 Å². The molecule has 5 heteroatoms. The number of carbonyl (C=O) groups excluding carboxylic acids is 1. The molecule has 1 aromatic rings. The maximum Gasteiger partial charge on any atom is 0.236 e. The number of hydrogen-bond donors (Lipinski definition) is 2. The topological polar surface area (TPSA) is 85.2 Å². The van der Waals surface area contributed by atoms with E-state index in [1.807, 2.05) is 13.0 Å². The zero-order valence-corrected chi connectivity index (χ0v) is 9.03. The molecule has 0 aromatic carbocycles. The Balaban J connectivity index is 3.02. The van der Waals surface area contributed by atoms with E-state index in [0.717, 1.165) is 16.9 Å². The predicted molar refractivity (Wildman–Crippen MR) is 59.3 cm³/mol. The number of carbonyl (C=O) groups is 1. The highest BCUT2D eigenvalue weighted by Gasteiger charge is 2.11. The van der Waals surface area contributed by atoms with Gasteiger partial charge in [-0.15, -0.1) is 0 Å². The second-order valence-corrected chi connectivity index (χ2v) is 3.46. The van der Waals surface area contributed by atoms with Gasteiger partial charge in [-0.25, -0.2) is 4.98 Å². The summed E-state index contributed by atoms with van der Waals surface area (Å²) in [5.74, 6) is 0.333. The molecular formula is C10H16N4O. The third kappa shape index (κ3) is 2.66. The SMILES string of the molecule is Cc1ccnc(N(C)CC(N)=O)c1CN. The molecule has 1 rings (SSSR count). The van der Waals surface area contributed by atoms with E-state index in [0.29, 0.717) is 6.54 Å². The van der Waals surface area contributed by atoms with Crippen molar-refractivity contribution in [1.29, 1.82) is 0 Å². The molecule has 82 valence electrons. The van der Waals surface area contributed by atoms with E-state index in [1.54, 1.807) is 18.1 Å². The van der Waals surface area contributed by atoms with Gasteiger partial charge in [-0.3, -0.25) is 4.79 Å². The second kappa shape index (κ2) is 4.75. The number of hydrogen-bond acceptors (Lipinski definition) is 4. The van der Waals surface area contributed by atoms with Crippen LogP contribution in [0.2, 0.25) is 0 Å². The van der Waals surface area contributed by atoms with Crippen molar-refractivity contribution in [2.75, 3.05) is 18.5 Å². The molecule has 1 amide bonds. The zero-order valence-electron chi connectivity index (χ0n) is 9.03. The van der Waals surface area contributed by atoms with Crippen LogP contribution in [0.1, 0.15) is 11.1 Å². The van der Waals surface area contributed by atoms with Crippen molar-refractivity contribution in [3.63, 3.8) is 0 Å². The number of anilines is 1. The van der Waals surface area contributed by atoms with Crippen LogP contribution in [-0.2, 0) is 11.3 Å². The Bertz CT molecular complexity index is 364. The Morgan fingerprint density at radius 2 is 2.27 bits per heavy atom. The summed E-state index contributed by atoms with van der Waals surface area (Å²) in [5.41, 5.74) is 12.8. The summed E-state index contributed by atoms with van der Waals surface area (Å²) in [7, 11) is 1.77. The van der Waals surface area contributed by atoms with E-state index in [1.165, 1.54) is 0 Å². The summed E-state index contributed by atoms with van der Waals surface area (Å²) in [6.45, 7) is 2.51. The van der Waals surface area contributed by atoms with Crippen molar-refractivity contribution < 1.29 is 4.79 Å². The summed E-state index contributed by atoms with van der Waals surface area (Å²) in [5, 5.41) is 0. The minimum absolute atomic E-state index is 0.142. The molecule has 1 aromatic heterocycles. The lowest BCUT2D eigenvalue weighted by Crippen LogP contribution is -2.32. The normalized spacial score (nSPS) is 10.1. The third-order valence-electron chi connectivity index (χ3n) is 2.23. The molecule has 0 spiro atoms. The van der Waals surface area contributed by atoms with Crippen molar-refractivity contribution in [2.45, 2.75) is 13.5 Å². The van der Waals surface area contributed by atoms with E-state index in [-0.39, 0.29) is 12.5 Å². The molecule has 0 fully saturated rings. The molecule has 0 bridgehead atoms. The fourth-order valence-corrected chi connectivity index (χ4v) is 1.46. The number of aryl methyl sites for hydroxylation is 1. The van der Waals surface area contributed by atoms with Gasteiger partial charge >= 0.3 is 0 Å². The smallest absolute Gasteiger partial charge is 0.236 e. The van der Waals surface area contributed by atoms with Crippen LogP contribution >= 0.6 is 0 Å². The van der Waals surface area contributed by atoms with Gasteiger partial charge in [-0.1, -0.05) is 0 Å². The van der Waals surface area contributed by atoms with Crippen LogP contribution < -0.4 is 16.4 Å². The summed E-state index contributed by atoms with van der Waals surface area (Å²) in [6.07, 6.45) is 1.70. The molecule has 0 saturated carbocycles. The maximum atomic E-state index is 10.8. The third-order valence-corrected chi connectivity index (χ3v) is 2.23. The molecular weight excluding hydrogens is 192 g/mol. The minimum atomic E-state index is -0.385. The van der Waals surface area contributed by atoms with Gasteiger partial charge in [0.15, 0.2) is 0 Å². The van der Waals surface area contributed by atoms with Crippen LogP contribution in [0.15, 0.2) is 12.3 Å². The van der Waals surface area contributed by atoms with Gasteiger partial charge in [-0.2, -0.15) is 0 Å². The van der Waals surface area contributed by atoms with E-state index < -0.39 is 0 Å². The van der Waals surface area contributed by atoms with E-state index in [9.17, 15) is 4.79 Å². The summed E-state index contributed by atoms with van der Waals surface area (Å²) >= 11 is 0. The van der Waals surface area contributed by atoms with Gasteiger partial charge in [-0.05, 0) is 18.6 Å². The fourth-order valence-electron chi connectivity index (χ4n) is 1.46. The van der Waals surface area contributed by atoms with Crippen molar-refractivity contribution >= 4 is 11.7 Å². The van der Waals surface area contributed by atoms with Crippen molar-refractivity contribution in [2.24, 2.45) is 11.5 Å². The van der Waals surface area contributed by atoms with Gasteiger partial charge < -0.3 is 16.4 Å². The molecule has 1 heterocycles. The van der Waals surface area contributed by atoms with Crippen LogP contribution in [-0.4, -0.2) is 24.5 Å². The highest BCUT2D eigenvalue weighted by molar-refractivity contribution is 5.79. The number of amides is 1. The number of nitrogens with two attached hydrogens (primary N) is 2. The van der Waals surface area contributed by atoms with Gasteiger partial charge in [0, 0.05) is 25.4 Å². The summed E-state index contributed by atoms with van der Waals surface area (Å²) in [4.78, 5) is 16.7. The second-order valence-electron chi connectivity index (χ2n) is 3.46. The molecule has 0 aliphatic carbocycles. The zero-order chi connectivity index (χ0) is 11.4. The Morgan fingerprint density at radius 1 is 1.60 bits per heavy atom. The summed E-state index contributed by atoms with van der Waals surface area (Å²) in [6, 6.07) is 1.89. The molecule has 0 unspecified atom stereocenters. The average molecular weight is 208 g/mol. The van der Waals surface area contributed by atoms with Crippen LogP contribution in [0.5, 0.6) is 0 Å². The molecule has 15 heavy (non-hydrogen) atoms. The van der Waals surface area contributed by atoms with Crippen molar-refractivity contribution in [3.8, 4) is 0 Å². The lowest BCUT2D eigenvalue weighted by atomic mass is 10.1. The molecule has 0 radical (unpaired) electrons. The Labute approximate surface area is 89.1 Å². The van der Waals surface area contributed by atoms with E-state index >= 15 is 0 Å². The monoisotopic (exact) mass is 208 g/mol. The summed E-state index contributed by atoms with van der Waals surface area (Å²) < 4.78 is 0. The quantitative estimate of drug-likeness (QED) is 0.715. The number of primary amides is 1. The Kier molecular flexibility index (Phi) is 3.62. The number of likely N-dealkylation sites (N-methyl/N-ethyl adjacent to an activating group) is 1. The van der Waals surface area contributed by atoms with Crippen LogP contribution in [0.25, 0.3) is 0 Å². The van der Waals surface area contributed by atoms with Crippen LogP contribution in [0.4, 0.5) is 5.82 Å². The lowest BCUT2D eigenvalue weighted by molar-refractivity contribution is -0.116. The molecule has 0 aliphatic rings. The molecule has 0 atom stereocenters. The number of nitrogens with zero attached hydrogens (tertiary/aromatic N) is 2. The number of pyridine rings is 1. The first-order valence-electron chi connectivity index (χ1n) is 4.70. The van der Waals surface area contributed by atoms with Gasteiger partial charge in [0.25, 0.3) is 0 Å². The standard InChI is InChI=1S/C10H16N4O/c1-7-3-4-13-10(8(7)5-11)14(2)6-9(12)15/h3-4H,5-6,11H2,1-2H3,(H2,12,15). The predicted octanol–water partition coefficient (Wildman–Crippen LogP) is -0.230. The van der Waals surface area contributed by atoms with Gasteiger partial charge in [0.05, 0.1) is 6.54 Å². The van der Waals surface area contributed by atoms with Crippen LogP contribution in [0.3, 0.4) is 0 Å². The van der Waals surface area contributed by atoms with Crippen molar-refractivity contribution in [3.05, 3.63) is 23.4 Å². The first-order valence-corrected chi connectivity index (χ1v) is 4.70. The fraction of sp³-hybridized carbons (Fsp3) is 0.400. The molecule has 0 aliphatic heterocycles. The van der Waals surface area contributed by atoms with Gasteiger partial charge in [0.1, 0.15) is 5.82 Å². The molecule has 0 saturated heterocycles. The van der Waals surface area contributed by atoms with E-state index in [4.69, 9.17) is 11.5 Å². The Morgan fingerprint density at radius 3 is 2.80 bits per heavy atom.